The Hall–Kier alpha value is -3.68. The van der Waals surface area contributed by atoms with Crippen molar-refractivity contribution in [3.63, 3.8) is 0 Å². The van der Waals surface area contributed by atoms with E-state index in [4.69, 9.17) is 13.7 Å². The number of esters is 1. The van der Waals surface area contributed by atoms with Gasteiger partial charge in [0.15, 0.2) is 6.61 Å². The van der Waals surface area contributed by atoms with Crippen LogP contribution in [0.4, 0.5) is 4.39 Å². The summed E-state index contributed by atoms with van der Waals surface area (Å²) in [6, 6.07) is 11.2. The molecule has 0 radical (unpaired) electrons. The molecular formula is C21H18FN3O4. The number of carbonyl (C=O) groups excluding carboxylic acids is 1. The fourth-order valence-corrected chi connectivity index (χ4v) is 3.04. The first kappa shape index (κ1) is 18.7. The van der Waals surface area contributed by atoms with E-state index in [2.05, 4.69) is 10.1 Å². The van der Waals surface area contributed by atoms with Gasteiger partial charge in [0.2, 0.25) is 5.82 Å². The summed E-state index contributed by atoms with van der Waals surface area (Å²) in [4.78, 5) is 16.7. The molecule has 0 aliphatic heterocycles. The van der Waals surface area contributed by atoms with E-state index in [-0.39, 0.29) is 18.3 Å². The summed E-state index contributed by atoms with van der Waals surface area (Å²) in [7, 11) is 0. The molecule has 7 nitrogen and oxygen atoms in total. The number of halogens is 1. The predicted octanol–water partition coefficient (Wildman–Crippen LogP) is 4.29. The molecule has 0 aliphatic carbocycles. The smallest absolute Gasteiger partial charge is 0.340 e. The molecule has 3 heterocycles. The maximum Gasteiger partial charge on any atom is 0.340 e. The maximum atomic E-state index is 13.0. The molecule has 0 saturated carbocycles. The van der Waals surface area contributed by atoms with Crippen molar-refractivity contribution in [2.45, 2.75) is 27.0 Å². The van der Waals surface area contributed by atoms with Gasteiger partial charge in [0, 0.05) is 17.0 Å². The average Bonchev–Trinajstić information content (AvgIpc) is 3.45. The second-order valence-corrected chi connectivity index (χ2v) is 6.55. The normalized spacial score (nSPS) is 11.0. The molecule has 148 valence electrons. The molecule has 0 saturated heterocycles. The number of nitrogens with zero attached hydrogens (tertiary/aromatic N) is 3. The number of aromatic nitrogens is 3. The van der Waals surface area contributed by atoms with Gasteiger partial charge in [-0.1, -0.05) is 5.16 Å². The van der Waals surface area contributed by atoms with Crippen LogP contribution in [0.15, 0.2) is 57.7 Å². The van der Waals surface area contributed by atoms with E-state index in [1.165, 1.54) is 12.1 Å². The van der Waals surface area contributed by atoms with Gasteiger partial charge in [0.25, 0.3) is 5.89 Å². The predicted molar refractivity (Wildman–Crippen MR) is 101 cm³/mol. The van der Waals surface area contributed by atoms with Crippen molar-refractivity contribution in [1.82, 2.24) is 14.7 Å². The molecule has 1 aromatic carbocycles. The zero-order valence-corrected chi connectivity index (χ0v) is 15.9. The Kier molecular flexibility index (Phi) is 4.99. The molecule has 0 fully saturated rings. The van der Waals surface area contributed by atoms with E-state index in [0.29, 0.717) is 23.5 Å². The van der Waals surface area contributed by atoms with Crippen molar-refractivity contribution in [1.29, 1.82) is 0 Å². The number of ether oxygens (including phenoxy) is 1. The minimum absolute atomic E-state index is 0.155. The molecule has 0 bridgehead atoms. The van der Waals surface area contributed by atoms with Gasteiger partial charge in [0.05, 0.1) is 18.4 Å². The first-order chi connectivity index (χ1) is 14.0. The standard InChI is InChI=1S/C21H18FN3O4/c1-13-10-18(14(2)25(13)11-17-4-3-9-27-17)21(26)28-12-19-23-20(24-29-19)15-5-7-16(22)8-6-15/h3-10H,11-12H2,1-2H3. The van der Waals surface area contributed by atoms with Crippen molar-refractivity contribution in [3.05, 3.63) is 83.1 Å². The van der Waals surface area contributed by atoms with Gasteiger partial charge >= 0.3 is 5.97 Å². The number of furan rings is 1. The lowest BCUT2D eigenvalue weighted by Gasteiger charge is -2.07. The Morgan fingerprint density at radius 3 is 2.72 bits per heavy atom. The van der Waals surface area contributed by atoms with Gasteiger partial charge in [-0.05, 0) is 56.3 Å². The van der Waals surface area contributed by atoms with Crippen molar-refractivity contribution in [2.75, 3.05) is 0 Å². The van der Waals surface area contributed by atoms with Gasteiger partial charge in [-0.3, -0.25) is 0 Å². The maximum absolute atomic E-state index is 13.0. The SMILES string of the molecule is Cc1cc(C(=O)OCc2nc(-c3ccc(F)cc3)no2)c(C)n1Cc1ccco1. The summed E-state index contributed by atoms with van der Waals surface area (Å²) in [6.45, 7) is 4.14. The molecule has 3 aromatic heterocycles. The summed E-state index contributed by atoms with van der Waals surface area (Å²) < 4.78 is 30.8. The van der Waals surface area contributed by atoms with Crippen LogP contribution in [-0.2, 0) is 17.9 Å². The number of carbonyl (C=O) groups is 1. The van der Waals surface area contributed by atoms with Crippen molar-refractivity contribution < 1.29 is 22.9 Å². The number of rotatable bonds is 6. The third-order valence-electron chi connectivity index (χ3n) is 4.58. The first-order valence-electron chi connectivity index (χ1n) is 8.96. The number of benzene rings is 1. The van der Waals surface area contributed by atoms with Gasteiger partial charge in [0.1, 0.15) is 11.6 Å². The highest BCUT2D eigenvalue weighted by atomic mass is 19.1. The topological polar surface area (TPSA) is 83.3 Å². The van der Waals surface area contributed by atoms with Crippen LogP contribution in [0.25, 0.3) is 11.4 Å². The average molecular weight is 395 g/mol. The van der Waals surface area contributed by atoms with Crippen LogP contribution in [0.1, 0.15) is 33.4 Å². The third-order valence-corrected chi connectivity index (χ3v) is 4.58. The van der Waals surface area contributed by atoms with Crippen LogP contribution in [0.5, 0.6) is 0 Å². The van der Waals surface area contributed by atoms with E-state index in [0.717, 1.165) is 17.1 Å². The van der Waals surface area contributed by atoms with Crippen LogP contribution < -0.4 is 0 Å². The lowest BCUT2D eigenvalue weighted by Crippen LogP contribution is -2.08. The number of hydrogen-bond acceptors (Lipinski definition) is 6. The summed E-state index contributed by atoms with van der Waals surface area (Å²) in [5.74, 6) is 0.419. The third kappa shape index (κ3) is 3.96. The fourth-order valence-electron chi connectivity index (χ4n) is 3.04. The molecule has 0 aliphatic rings. The molecule has 0 spiro atoms. The quantitative estimate of drug-likeness (QED) is 0.453. The molecule has 29 heavy (non-hydrogen) atoms. The van der Waals surface area contributed by atoms with Crippen molar-refractivity contribution in [3.8, 4) is 11.4 Å². The highest BCUT2D eigenvalue weighted by molar-refractivity contribution is 5.91. The Bertz CT molecular complexity index is 1130. The second-order valence-electron chi connectivity index (χ2n) is 6.55. The van der Waals surface area contributed by atoms with E-state index in [1.807, 2.05) is 30.5 Å². The van der Waals surface area contributed by atoms with E-state index < -0.39 is 5.97 Å². The fraction of sp³-hybridized carbons (Fsp3) is 0.190. The summed E-state index contributed by atoms with van der Waals surface area (Å²) >= 11 is 0. The lowest BCUT2D eigenvalue weighted by atomic mass is 10.2. The summed E-state index contributed by atoms with van der Waals surface area (Å²) in [6.07, 6.45) is 1.61. The Morgan fingerprint density at radius 1 is 1.21 bits per heavy atom. The number of hydrogen-bond donors (Lipinski definition) is 0. The van der Waals surface area contributed by atoms with E-state index in [1.54, 1.807) is 24.5 Å². The first-order valence-corrected chi connectivity index (χ1v) is 8.96. The van der Waals surface area contributed by atoms with E-state index >= 15 is 0 Å². The minimum atomic E-state index is -0.481. The highest BCUT2D eigenvalue weighted by Crippen LogP contribution is 2.20. The summed E-state index contributed by atoms with van der Waals surface area (Å²) in [5, 5.41) is 3.83. The zero-order valence-electron chi connectivity index (χ0n) is 15.9. The molecule has 0 unspecified atom stereocenters. The molecule has 8 heteroatoms. The van der Waals surface area contributed by atoms with Gasteiger partial charge in [-0.25, -0.2) is 9.18 Å². The Labute approximate surface area is 165 Å². The molecule has 0 N–H and O–H groups in total. The van der Waals surface area contributed by atoms with Crippen molar-refractivity contribution in [2.24, 2.45) is 0 Å². The highest BCUT2D eigenvalue weighted by Gasteiger charge is 2.19. The monoisotopic (exact) mass is 395 g/mol. The van der Waals surface area contributed by atoms with Crippen LogP contribution in [-0.4, -0.2) is 20.7 Å². The molecule has 4 rings (SSSR count). The van der Waals surface area contributed by atoms with Gasteiger partial charge in [-0.15, -0.1) is 0 Å². The minimum Gasteiger partial charge on any atom is -0.467 e. The molecule has 0 atom stereocenters. The Morgan fingerprint density at radius 2 is 2.00 bits per heavy atom. The van der Waals surface area contributed by atoms with Gasteiger partial charge in [-0.2, -0.15) is 4.98 Å². The van der Waals surface area contributed by atoms with Crippen LogP contribution in [0.2, 0.25) is 0 Å². The van der Waals surface area contributed by atoms with Crippen LogP contribution in [0.3, 0.4) is 0 Å². The van der Waals surface area contributed by atoms with Crippen LogP contribution >= 0.6 is 0 Å². The largest absolute Gasteiger partial charge is 0.467 e. The summed E-state index contributed by atoms with van der Waals surface area (Å²) in [5.41, 5.74) is 2.77. The van der Waals surface area contributed by atoms with Crippen molar-refractivity contribution >= 4 is 5.97 Å². The Balaban J connectivity index is 1.43. The second kappa shape index (κ2) is 7.75. The molecular weight excluding hydrogens is 377 g/mol. The van der Waals surface area contributed by atoms with E-state index in [9.17, 15) is 9.18 Å². The molecule has 0 amide bonds. The molecule has 4 aromatic rings. The zero-order chi connectivity index (χ0) is 20.4. The number of aryl methyl sites for hydroxylation is 1. The van der Waals surface area contributed by atoms with Crippen LogP contribution in [0, 0.1) is 19.7 Å². The van der Waals surface area contributed by atoms with Gasteiger partial charge < -0.3 is 18.2 Å². The lowest BCUT2D eigenvalue weighted by molar-refractivity contribution is 0.0429.